The van der Waals surface area contributed by atoms with Gasteiger partial charge in [0.2, 0.25) is 5.12 Å². The van der Waals surface area contributed by atoms with E-state index < -0.39 is 62.7 Å². The van der Waals surface area contributed by atoms with Crippen molar-refractivity contribution in [3.63, 3.8) is 0 Å². The van der Waals surface area contributed by atoms with Crippen LogP contribution in [0.2, 0.25) is 5.02 Å². The second-order valence-electron chi connectivity index (χ2n) is 7.39. The van der Waals surface area contributed by atoms with Crippen molar-refractivity contribution in [1.82, 2.24) is 0 Å². The molecule has 0 saturated carbocycles. The van der Waals surface area contributed by atoms with Gasteiger partial charge in [0.05, 0.1) is 22.1 Å². The van der Waals surface area contributed by atoms with Crippen LogP contribution in [0.5, 0.6) is 11.5 Å². The van der Waals surface area contributed by atoms with E-state index in [2.05, 4.69) is 0 Å². The molecule has 0 aromatic heterocycles. The maximum atomic E-state index is 12.8. The quantitative estimate of drug-likeness (QED) is 0.143. The summed E-state index contributed by atoms with van der Waals surface area (Å²) in [6.07, 6.45) is -5.75. The Hall–Kier alpha value is -3.16. The lowest BCUT2D eigenvalue weighted by Crippen LogP contribution is -2.26. The van der Waals surface area contributed by atoms with Crippen molar-refractivity contribution in [3.8, 4) is 11.5 Å². The number of carbonyl (C=O) groups excluding carboxylic acids is 3. The van der Waals surface area contributed by atoms with Crippen molar-refractivity contribution in [1.29, 1.82) is 0 Å². The molecule has 2 unspecified atom stereocenters. The Labute approximate surface area is 218 Å². The number of thioether (sulfide) groups is 1. The van der Waals surface area contributed by atoms with Gasteiger partial charge < -0.3 is 14.2 Å². The number of nitro groups is 1. The number of ether oxygens (including phenoxy) is 3. The smallest absolute Gasteiger partial charge is 0.416 e. The minimum atomic E-state index is -4.62. The maximum Gasteiger partial charge on any atom is 0.416 e. The fourth-order valence-corrected chi connectivity index (χ4v) is 3.76. The fourth-order valence-electron chi connectivity index (χ4n) is 2.77. The molecular weight excluding hydrogens is 543 g/mol. The van der Waals surface area contributed by atoms with Gasteiger partial charge in [-0.25, -0.2) is 0 Å². The monoisotopic (exact) mass is 563 g/mol. The Morgan fingerprint density at radius 3 is 2.38 bits per heavy atom. The van der Waals surface area contributed by atoms with Crippen LogP contribution in [0, 0.1) is 10.1 Å². The first-order valence-electron chi connectivity index (χ1n) is 10.6. The zero-order valence-corrected chi connectivity index (χ0v) is 21.2. The molecule has 0 amide bonds. The zero-order valence-electron chi connectivity index (χ0n) is 19.7. The molecule has 2 rings (SSSR count). The second kappa shape index (κ2) is 12.9. The summed E-state index contributed by atoms with van der Waals surface area (Å²) in [6.45, 7) is 3.86. The molecule has 0 heterocycles. The van der Waals surface area contributed by atoms with Crippen LogP contribution in [0.3, 0.4) is 0 Å². The number of nitro benzene ring substituents is 1. The molecule has 0 spiro atoms. The van der Waals surface area contributed by atoms with E-state index in [1.165, 1.54) is 13.8 Å². The number of alkyl halides is 3. The van der Waals surface area contributed by atoms with Crippen LogP contribution in [0.15, 0.2) is 36.4 Å². The van der Waals surface area contributed by atoms with Crippen molar-refractivity contribution in [2.75, 3.05) is 13.2 Å². The van der Waals surface area contributed by atoms with Crippen LogP contribution < -0.4 is 4.74 Å². The highest BCUT2D eigenvalue weighted by Crippen LogP contribution is 2.37. The van der Waals surface area contributed by atoms with Crippen molar-refractivity contribution < 1.29 is 46.7 Å². The van der Waals surface area contributed by atoms with Crippen LogP contribution in [-0.2, 0) is 25.2 Å². The summed E-state index contributed by atoms with van der Waals surface area (Å²) in [7, 11) is 0. The minimum Gasteiger partial charge on any atom is -0.465 e. The Morgan fingerprint density at radius 2 is 1.81 bits per heavy atom. The number of benzene rings is 2. The van der Waals surface area contributed by atoms with Crippen LogP contribution in [0.25, 0.3) is 0 Å². The van der Waals surface area contributed by atoms with E-state index in [0.717, 1.165) is 30.3 Å². The van der Waals surface area contributed by atoms with E-state index >= 15 is 0 Å². The van der Waals surface area contributed by atoms with Gasteiger partial charge in [0, 0.05) is 6.07 Å². The van der Waals surface area contributed by atoms with Crippen LogP contribution in [0.4, 0.5) is 18.9 Å². The average Bonchev–Trinajstić information content (AvgIpc) is 2.82. The number of halogens is 4. The van der Waals surface area contributed by atoms with Crippen molar-refractivity contribution in [2.45, 2.75) is 38.3 Å². The Bertz CT molecular complexity index is 1190. The summed E-state index contributed by atoms with van der Waals surface area (Å²) in [6, 6.07) is 5.50. The lowest BCUT2D eigenvalue weighted by Gasteiger charge is -2.14. The Balaban J connectivity index is 2.15. The molecule has 0 aliphatic carbocycles. The predicted molar refractivity (Wildman–Crippen MR) is 128 cm³/mol. The van der Waals surface area contributed by atoms with Crippen molar-refractivity contribution in [3.05, 3.63) is 62.7 Å². The number of nitrogens with zero attached hydrogens (tertiary/aromatic N) is 1. The summed E-state index contributed by atoms with van der Waals surface area (Å²) in [4.78, 5) is 47.3. The van der Waals surface area contributed by atoms with Gasteiger partial charge in [-0.05, 0) is 51.1 Å². The maximum absolute atomic E-state index is 12.8. The molecule has 200 valence electrons. The fraction of sp³-hybridized carbons (Fsp3) is 0.348. The largest absolute Gasteiger partial charge is 0.465 e. The lowest BCUT2D eigenvalue weighted by molar-refractivity contribution is -0.385. The van der Waals surface area contributed by atoms with Crippen molar-refractivity contribution in [2.24, 2.45) is 0 Å². The topological polar surface area (TPSA) is 122 Å². The molecule has 0 aliphatic rings. The first-order chi connectivity index (χ1) is 17.2. The normalized spacial score (nSPS) is 12.9. The van der Waals surface area contributed by atoms with Gasteiger partial charge in [0.25, 0.3) is 5.69 Å². The van der Waals surface area contributed by atoms with Crippen LogP contribution in [-0.4, -0.2) is 46.4 Å². The van der Waals surface area contributed by atoms with E-state index in [1.54, 1.807) is 6.92 Å². The van der Waals surface area contributed by atoms with Gasteiger partial charge in [0.15, 0.2) is 5.78 Å². The molecule has 0 fully saturated rings. The Morgan fingerprint density at radius 1 is 1.14 bits per heavy atom. The van der Waals surface area contributed by atoms with Gasteiger partial charge in [-0.1, -0.05) is 23.4 Å². The van der Waals surface area contributed by atoms with E-state index in [4.69, 9.17) is 25.8 Å². The molecular formula is C23H21ClF3NO8S. The minimum absolute atomic E-state index is 0.112. The molecule has 2 aromatic carbocycles. The summed E-state index contributed by atoms with van der Waals surface area (Å²) in [5.74, 6) is -1.74. The standard InChI is InChI=1S/C23H21ClF3NO8S/c1-4-34-21(30)13(3)37-22(31)12(2)35-11-19(29)16-10-15(6-7-18(16)28(32)33)36-20-8-5-14(9-17(20)24)23(25,26)27/h5-10,12-13H,4,11H2,1-3H3. The average molecular weight is 564 g/mol. The number of hydrogen-bond donors (Lipinski definition) is 0. The SMILES string of the molecule is CCOC(=O)C(C)SC(=O)C(C)OCC(=O)c1cc(Oc2ccc(C(F)(F)F)cc2Cl)ccc1[N+](=O)[O-]. The molecule has 0 saturated heterocycles. The number of ketones is 1. The molecule has 37 heavy (non-hydrogen) atoms. The Kier molecular flexibility index (Phi) is 10.5. The number of carbonyl (C=O) groups is 3. The van der Waals surface area contributed by atoms with Gasteiger partial charge in [0.1, 0.15) is 35.0 Å². The van der Waals surface area contributed by atoms with Gasteiger partial charge in [-0.15, -0.1) is 0 Å². The van der Waals surface area contributed by atoms with Gasteiger partial charge >= 0.3 is 12.1 Å². The van der Waals surface area contributed by atoms with Gasteiger partial charge in [-0.2, -0.15) is 13.2 Å². The molecule has 2 aromatic rings. The van der Waals surface area contributed by atoms with Gasteiger partial charge in [-0.3, -0.25) is 24.5 Å². The third-order valence-electron chi connectivity index (χ3n) is 4.66. The molecule has 0 radical (unpaired) electrons. The summed E-state index contributed by atoms with van der Waals surface area (Å²) in [5, 5.41) is 9.68. The third kappa shape index (κ3) is 8.44. The highest BCUT2D eigenvalue weighted by Gasteiger charge is 2.31. The molecule has 14 heteroatoms. The van der Waals surface area contributed by atoms with E-state index in [9.17, 15) is 37.7 Å². The van der Waals surface area contributed by atoms with Crippen LogP contribution >= 0.6 is 23.4 Å². The molecule has 9 nitrogen and oxygen atoms in total. The second-order valence-corrected chi connectivity index (χ2v) is 9.14. The number of Topliss-reactive ketones (excluding diaryl/α,β-unsaturated/α-hetero) is 1. The highest BCUT2D eigenvalue weighted by atomic mass is 35.5. The zero-order chi connectivity index (χ0) is 27.9. The summed E-state index contributed by atoms with van der Waals surface area (Å²) >= 11 is 6.53. The molecule has 2 atom stereocenters. The molecule has 0 bridgehead atoms. The van der Waals surface area contributed by atoms with E-state index in [-0.39, 0.29) is 23.1 Å². The first-order valence-corrected chi connectivity index (χ1v) is 11.8. The number of esters is 1. The van der Waals surface area contributed by atoms with Crippen molar-refractivity contribution >= 4 is 45.9 Å². The van der Waals surface area contributed by atoms with Crippen LogP contribution in [0.1, 0.15) is 36.7 Å². The molecule has 0 aliphatic heterocycles. The first kappa shape index (κ1) is 30.1. The number of rotatable bonds is 11. The summed E-state index contributed by atoms with van der Waals surface area (Å²) < 4.78 is 54.0. The number of hydrogen-bond acceptors (Lipinski definition) is 9. The highest BCUT2D eigenvalue weighted by molar-refractivity contribution is 8.14. The van der Waals surface area contributed by atoms with E-state index in [0.29, 0.717) is 17.8 Å². The van der Waals surface area contributed by atoms with E-state index in [1.807, 2.05) is 0 Å². The third-order valence-corrected chi connectivity index (χ3v) is 6.07. The predicted octanol–water partition coefficient (Wildman–Crippen LogP) is 5.86. The summed E-state index contributed by atoms with van der Waals surface area (Å²) in [5.41, 5.74) is -2.00. The molecule has 0 N–H and O–H groups in total. The lowest BCUT2D eigenvalue weighted by atomic mass is 10.1.